The summed E-state index contributed by atoms with van der Waals surface area (Å²) in [6, 6.07) is 14.4. The zero-order chi connectivity index (χ0) is 19.2. The number of benzene rings is 2. The molecule has 0 aliphatic heterocycles. The number of hydrogen-bond donors (Lipinski definition) is 1. The van der Waals surface area contributed by atoms with Gasteiger partial charge in [-0.25, -0.2) is 4.79 Å². The highest BCUT2D eigenvalue weighted by Gasteiger charge is 2.06. The minimum Gasteiger partial charge on any atom is -0.415 e. The van der Waals surface area contributed by atoms with E-state index in [0.29, 0.717) is 12.2 Å². The maximum absolute atomic E-state index is 11.1. The van der Waals surface area contributed by atoms with Crippen molar-refractivity contribution in [2.24, 2.45) is 5.73 Å². The third-order valence-electron chi connectivity index (χ3n) is 4.29. The molecule has 0 radical (unpaired) electrons. The monoisotopic (exact) mass is 424 g/mol. The number of pyridine rings is 1. The van der Waals surface area contributed by atoms with E-state index in [1.165, 1.54) is 0 Å². The number of carbonyl (C=O) groups is 1. The van der Waals surface area contributed by atoms with E-state index in [9.17, 15) is 4.79 Å². The molecule has 3 rings (SSSR count). The quantitative estimate of drug-likeness (QED) is 0.472. The maximum Gasteiger partial charge on any atom is 0.409 e. The van der Waals surface area contributed by atoms with Crippen molar-refractivity contribution in [2.45, 2.75) is 26.2 Å². The van der Waals surface area contributed by atoms with Gasteiger partial charge >= 0.3 is 6.09 Å². The number of amides is 1. The van der Waals surface area contributed by atoms with E-state index >= 15 is 0 Å². The van der Waals surface area contributed by atoms with Gasteiger partial charge in [-0.1, -0.05) is 53.5 Å². The molecule has 4 nitrogen and oxygen atoms in total. The van der Waals surface area contributed by atoms with E-state index in [2.05, 4.69) is 52.1 Å². The number of nitrogens with zero attached hydrogens (tertiary/aromatic N) is 1. The molecular weight excluding hydrogens is 404 g/mol. The predicted molar refractivity (Wildman–Crippen MR) is 113 cm³/mol. The van der Waals surface area contributed by atoms with Crippen LogP contribution in [0.25, 0.3) is 28.0 Å². The highest BCUT2D eigenvalue weighted by Crippen LogP contribution is 2.31. The molecule has 5 heteroatoms. The van der Waals surface area contributed by atoms with E-state index in [4.69, 9.17) is 10.5 Å². The molecule has 3 aromatic rings. The van der Waals surface area contributed by atoms with Gasteiger partial charge in [0, 0.05) is 28.7 Å². The molecule has 2 N–H and O–H groups in total. The lowest BCUT2D eigenvalue weighted by molar-refractivity contribution is 0.184. The van der Waals surface area contributed by atoms with Crippen LogP contribution >= 0.6 is 15.9 Å². The van der Waals surface area contributed by atoms with Gasteiger partial charge < -0.3 is 10.5 Å². The van der Waals surface area contributed by atoms with Gasteiger partial charge in [-0.15, -0.1) is 0 Å². The molecule has 1 amide bonds. The number of unbranched alkanes of at least 4 members (excludes halogenated alkanes) is 1. The number of primary amides is 1. The topological polar surface area (TPSA) is 65.2 Å². The molecule has 0 saturated heterocycles. The number of halogens is 1. The van der Waals surface area contributed by atoms with Gasteiger partial charge in [0.1, 0.15) is 5.76 Å². The third kappa shape index (κ3) is 4.95. The summed E-state index contributed by atoms with van der Waals surface area (Å²) < 4.78 is 6.14. The summed E-state index contributed by atoms with van der Waals surface area (Å²) in [7, 11) is 0. The normalized spacial score (nSPS) is 11.6. The summed E-state index contributed by atoms with van der Waals surface area (Å²) in [6.07, 6.45) is 7.39. The van der Waals surface area contributed by atoms with Gasteiger partial charge in [-0.3, -0.25) is 4.98 Å². The summed E-state index contributed by atoms with van der Waals surface area (Å²) >= 11 is 3.63. The second kappa shape index (κ2) is 8.82. The first-order valence-corrected chi connectivity index (χ1v) is 9.67. The fourth-order valence-corrected chi connectivity index (χ4v) is 3.49. The van der Waals surface area contributed by atoms with E-state index in [1.807, 2.05) is 30.5 Å². The Balaban J connectivity index is 1.88. The minimum atomic E-state index is -0.774. The van der Waals surface area contributed by atoms with E-state index in [0.717, 1.165) is 44.8 Å². The van der Waals surface area contributed by atoms with Crippen molar-refractivity contribution in [3.8, 4) is 11.1 Å². The van der Waals surface area contributed by atoms with Crippen LogP contribution in [0.15, 0.2) is 65.1 Å². The molecule has 0 fully saturated rings. The minimum absolute atomic E-state index is 0.595. The van der Waals surface area contributed by atoms with Crippen LogP contribution in [0, 0.1) is 0 Å². The number of fused-ring (bicyclic) bond motifs is 1. The number of rotatable bonds is 6. The second-order valence-corrected chi connectivity index (χ2v) is 7.17. The van der Waals surface area contributed by atoms with E-state index in [-0.39, 0.29) is 0 Å². The highest BCUT2D eigenvalue weighted by molar-refractivity contribution is 9.10. The largest absolute Gasteiger partial charge is 0.415 e. The average Bonchev–Trinajstić information content (AvgIpc) is 2.66. The number of hydrogen-bond acceptors (Lipinski definition) is 3. The fourth-order valence-electron chi connectivity index (χ4n) is 2.91. The molecule has 138 valence electrons. The molecule has 0 aliphatic rings. The zero-order valence-corrected chi connectivity index (χ0v) is 16.7. The number of aromatic nitrogens is 1. The fraction of sp³-hybridized carbons (Fsp3) is 0.182. The zero-order valence-electron chi connectivity index (χ0n) is 15.1. The number of allylic oxidation sites excluding steroid dienone is 1. The van der Waals surface area contributed by atoms with Gasteiger partial charge in [-0.2, -0.15) is 0 Å². The molecule has 27 heavy (non-hydrogen) atoms. The lowest BCUT2D eigenvalue weighted by Crippen LogP contribution is -2.12. The highest BCUT2D eigenvalue weighted by atomic mass is 79.9. The van der Waals surface area contributed by atoms with Crippen molar-refractivity contribution in [2.75, 3.05) is 0 Å². The van der Waals surface area contributed by atoms with Crippen LogP contribution in [0.3, 0.4) is 0 Å². The second-order valence-electron chi connectivity index (χ2n) is 6.31. The van der Waals surface area contributed by atoms with Crippen LogP contribution in [-0.2, 0) is 4.74 Å². The van der Waals surface area contributed by atoms with Gasteiger partial charge in [0.05, 0.1) is 0 Å². The Morgan fingerprint density at radius 3 is 2.67 bits per heavy atom. The molecule has 0 bridgehead atoms. The lowest BCUT2D eigenvalue weighted by atomic mass is 10.0. The molecule has 2 aromatic carbocycles. The first-order valence-electron chi connectivity index (χ1n) is 8.88. The molecule has 0 spiro atoms. The van der Waals surface area contributed by atoms with Crippen molar-refractivity contribution in [1.29, 1.82) is 0 Å². The Kier molecular flexibility index (Phi) is 6.24. The summed E-state index contributed by atoms with van der Waals surface area (Å²) in [5.74, 6) is 0.595. The van der Waals surface area contributed by atoms with E-state index < -0.39 is 6.09 Å². The van der Waals surface area contributed by atoms with Crippen LogP contribution in [0.5, 0.6) is 0 Å². The Bertz CT molecular complexity index is 981. The van der Waals surface area contributed by atoms with Gasteiger partial charge in [0.25, 0.3) is 0 Å². The van der Waals surface area contributed by atoms with Gasteiger partial charge in [0.15, 0.2) is 0 Å². The van der Waals surface area contributed by atoms with E-state index in [1.54, 1.807) is 6.20 Å². The Labute approximate surface area is 167 Å². The molecule has 0 aliphatic carbocycles. The Hall–Kier alpha value is -2.66. The van der Waals surface area contributed by atoms with Crippen LogP contribution in [0.1, 0.15) is 31.7 Å². The predicted octanol–water partition coefficient (Wildman–Crippen LogP) is 6.29. The third-order valence-corrected chi connectivity index (χ3v) is 4.94. The lowest BCUT2D eigenvalue weighted by Gasteiger charge is -2.08. The smallest absolute Gasteiger partial charge is 0.409 e. The number of nitrogens with two attached hydrogens (primary N) is 1. The molecule has 0 saturated carbocycles. The summed E-state index contributed by atoms with van der Waals surface area (Å²) in [5.41, 5.74) is 8.37. The van der Waals surface area contributed by atoms with Crippen molar-refractivity contribution in [3.63, 3.8) is 0 Å². The number of ether oxygens (including phenoxy) is 1. The van der Waals surface area contributed by atoms with Crippen LogP contribution < -0.4 is 5.73 Å². The molecule has 1 aromatic heterocycles. The summed E-state index contributed by atoms with van der Waals surface area (Å²) in [5, 5.41) is 2.22. The van der Waals surface area contributed by atoms with Crippen molar-refractivity contribution < 1.29 is 9.53 Å². The molecule has 1 heterocycles. The van der Waals surface area contributed by atoms with Crippen molar-refractivity contribution >= 4 is 38.9 Å². The first kappa shape index (κ1) is 19.1. The SMILES string of the molecule is CCCCC(=Cc1ccc(-c2cc(Br)c3cnccc3c2)cc1)OC(N)=O. The molecule has 0 unspecified atom stereocenters. The maximum atomic E-state index is 11.1. The average molecular weight is 425 g/mol. The van der Waals surface area contributed by atoms with Crippen LogP contribution in [-0.4, -0.2) is 11.1 Å². The standard InChI is InChI=1S/C22H21BrN2O2/c1-2-3-4-19(27-22(24)26)11-15-5-7-16(8-6-15)18-12-17-9-10-25-14-20(17)21(23)13-18/h5-14H,2-4H2,1H3,(H2,24,26). The molecule has 0 atom stereocenters. The van der Waals surface area contributed by atoms with Gasteiger partial charge in [0.2, 0.25) is 0 Å². The Morgan fingerprint density at radius 1 is 1.19 bits per heavy atom. The summed E-state index contributed by atoms with van der Waals surface area (Å²) in [6.45, 7) is 2.09. The molecular formula is C22H21BrN2O2. The van der Waals surface area contributed by atoms with Crippen LogP contribution in [0.4, 0.5) is 4.79 Å². The van der Waals surface area contributed by atoms with Crippen molar-refractivity contribution in [3.05, 3.63) is 70.7 Å². The van der Waals surface area contributed by atoms with Crippen LogP contribution in [0.2, 0.25) is 0 Å². The van der Waals surface area contributed by atoms with Crippen molar-refractivity contribution in [1.82, 2.24) is 4.98 Å². The van der Waals surface area contributed by atoms with Gasteiger partial charge in [-0.05, 0) is 52.8 Å². The number of carbonyl (C=O) groups excluding carboxylic acids is 1. The Morgan fingerprint density at radius 2 is 1.96 bits per heavy atom. The first-order chi connectivity index (χ1) is 13.1. The summed E-state index contributed by atoms with van der Waals surface area (Å²) in [4.78, 5) is 15.3.